The van der Waals surface area contributed by atoms with Crippen LogP contribution in [-0.4, -0.2) is 55.5 Å². The van der Waals surface area contributed by atoms with Crippen molar-refractivity contribution in [3.8, 4) is 0 Å². The molecule has 4 nitrogen and oxygen atoms in total. The Hall–Kier alpha value is -0.130. The Morgan fingerprint density at radius 3 is 2.20 bits per heavy atom. The molecule has 0 saturated carbocycles. The maximum atomic E-state index is 11.9. The minimum absolute atomic E-state index is 0.0234. The second-order valence-corrected chi connectivity index (χ2v) is 9.03. The van der Waals surface area contributed by atoms with E-state index in [2.05, 4.69) is 37.9 Å². The van der Waals surface area contributed by atoms with Gasteiger partial charge in [0.25, 0.3) is 0 Å². The van der Waals surface area contributed by atoms with Crippen molar-refractivity contribution in [2.45, 2.75) is 65.0 Å². The molecule has 0 radical (unpaired) electrons. The van der Waals surface area contributed by atoms with Crippen LogP contribution in [-0.2, 0) is 9.84 Å². The lowest BCUT2D eigenvalue weighted by molar-refractivity contribution is 0.0276. The molecule has 1 heterocycles. The van der Waals surface area contributed by atoms with E-state index < -0.39 is 9.84 Å². The summed E-state index contributed by atoms with van der Waals surface area (Å²) in [5.41, 5.74) is 0.166. The molecule has 1 aliphatic heterocycles. The third kappa shape index (κ3) is 4.43. The van der Waals surface area contributed by atoms with Gasteiger partial charge in [0.2, 0.25) is 0 Å². The van der Waals surface area contributed by atoms with Crippen LogP contribution in [0.1, 0.15) is 53.9 Å². The second kappa shape index (κ2) is 6.75. The van der Waals surface area contributed by atoms with Crippen molar-refractivity contribution >= 4 is 9.84 Å². The van der Waals surface area contributed by atoms with Crippen molar-refractivity contribution in [3.05, 3.63) is 0 Å². The van der Waals surface area contributed by atoms with Gasteiger partial charge in [-0.25, -0.2) is 8.42 Å². The van der Waals surface area contributed by atoms with Crippen molar-refractivity contribution in [2.75, 3.05) is 31.1 Å². The first-order valence-corrected chi connectivity index (χ1v) is 9.73. The molecule has 5 heteroatoms. The number of nitrogens with one attached hydrogen (secondary N) is 1. The molecule has 120 valence electrons. The number of hydrogen-bond acceptors (Lipinski definition) is 4. The average molecular weight is 305 g/mol. The van der Waals surface area contributed by atoms with Crippen LogP contribution in [0.15, 0.2) is 0 Å². The van der Waals surface area contributed by atoms with Gasteiger partial charge in [0.05, 0.1) is 5.75 Å². The van der Waals surface area contributed by atoms with Crippen LogP contribution in [0.4, 0.5) is 0 Å². The smallest absolute Gasteiger partial charge is 0.151 e. The molecule has 0 aliphatic carbocycles. The Balaban J connectivity index is 2.74. The van der Waals surface area contributed by atoms with Crippen LogP contribution < -0.4 is 5.32 Å². The lowest BCUT2D eigenvalue weighted by Gasteiger charge is -2.52. The van der Waals surface area contributed by atoms with Crippen molar-refractivity contribution in [2.24, 2.45) is 0 Å². The predicted molar refractivity (Wildman–Crippen MR) is 85.9 cm³/mol. The third-order valence-corrected chi connectivity index (χ3v) is 6.62. The van der Waals surface area contributed by atoms with Crippen LogP contribution in [0, 0.1) is 0 Å². The zero-order valence-corrected chi connectivity index (χ0v) is 14.6. The standard InChI is InChI=1S/C15H32N2O2S/c1-6-10-20(18,19)11-9-17-13-15(7-2,8-3)16-12-14(17,4)5/h16H,6-13H2,1-5H3. The van der Waals surface area contributed by atoms with E-state index in [-0.39, 0.29) is 16.8 Å². The summed E-state index contributed by atoms with van der Waals surface area (Å²) in [6.07, 6.45) is 2.87. The van der Waals surface area contributed by atoms with Crippen molar-refractivity contribution < 1.29 is 8.42 Å². The lowest BCUT2D eigenvalue weighted by Crippen LogP contribution is -2.68. The van der Waals surface area contributed by atoms with E-state index in [0.29, 0.717) is 18.7 Å². The molecule has 0 aromatic rings. The van der Waals surface area contributed by atoms with Gasteiger partial charge in [0, 0.05) is 36.5 Å². The maximum absolute atomic E-state index is 11.9. The molecule has 0 aromatic carbocycles. The molecule has 0 spiro atoms. The monoisotopic (exact) mass is 304 g/mol. The van der Waals surface area contributed by atoms with Crippen molar-refractivity contribution in [1.82, 2.24) is 10.2 Å². The summed E-state index contributed by atoms with van der Waals surface area (Å²) in [4.78, 5) is 2.36. The van der Waals surface area contributed by atoms with Gasteiger partial charge in [-0.2, -0.15) is 0 Å². The maximum Gasteiger partial charge on any atom is 0.151 e. The predicted octanol–water partition coefficient (Wildman–Crippen LogP) is 2.05. The molecule has 0 bridgehead atoms. The van der Waals surface area contributed by atoms with Crippen LogP contribution >= 0.6 is 0 Å². The molecular weight excluding hydrogens is 272 g/mol. The van der Waals surface area contributed by atoms with E-state index in [4.69, 9.17) is 0 Å². The first kappa shape index (κ1) is 17.9. The van der Waals surface area contributed by atoms with Gasteiger partial charge in [-0.05, 0) is 33.1 Å². The minimum Gasteiger partial charge on any atom is -0.308 e. The van der Waals surface area contributed by atoms with E-state index in [1.54, 1.807) is 0 Å². The van der Waals surface area contributed by atoms with E-state index in [0.717, 1.165) is 25.9 Å². The summed E-state index contributed by atoms with van der Waals surface area (Å²) in [6.45, 7) is 13.2. The highest BCUT2D eigenvalue weighted by Gasteiger charge is 2.40. The summed E-state index contributed by atoms with van der Waals surface area (Å²) in [7, 11) is -2.89. The van der Waals surface area contributed by atoms with Crippen LogP contribution in [0.2, 0.25) is 0 Å². The Bertz CT molecular complexity index is 400. The van der Waals surface area contributed by atoms with Gasteiger partial charge in [0.15, 0.2) is 9.84 Å². The van der Waals surface area contributed by atoms with Gasteiger partial charge < -0.3 is 5.32 Å². The van der Waals surface area contributed by atoms with Crippen molar-refractivity contribution in [3.63, 3.8) is 0 Å². The number of sulfone groups is 1. The molecule has 1 saturated heterocycles. The lowest BCUT2D eigenvalue weighted by atomic mass is 9.85. The Morgan fingerprint density at radius 1 is 1.10 bits per heavy atom. The zero-order valence-electron chi connectivity index (χ0n) is 13.8. The number of nitrogens with zero attached hydrogens (tertiary/aromatic N) is 1. The SMILES string of the molecule is CCCS(=O)(=O)CCN1CC(CC)(CC)NCC1(C)C. The molecule has 1 fully saturated rings. The zero-order chi connectivity index (χ0) is 15.4. The summed E-state index contributed by atoms with van der Waals surface area (Å²) in [5, 5.41) is 3.68. The Morgan fingerprint density at radius 2 is 1.70 bits per heavy atom. The Labute approximate surface area is 125 Å². The quantitative estimate of drug-likeness (QED) is 0.782. The van der Waals surface area contributed by atoms with Crippen LogP contribution in [0.25, 0.3) is 0 Å². The van der Waals surface area contributed by atoms with Gasteiger partial charge in [-0.15, -0.1) is 0 Å². The van der Waals surface area contributed by atoms with Gasteiger partial charge >= 0.3 is 0 Å². The average Bonchev–Trinajstić information content (AvgIpc) is 2.38. The summed E-state index contributed by atoms with van der Waals surface area (Å²) in [6, 6.07) is 0. The molecule has 1 aliphatic rings. The highest BCUT2D eigenvalue weighted by Crippen LogP contribution is 2.27. The van der Waals surface area contributed by atoms with E-state index in [1.807, 2.05) is 6.92 Å². The highest BCUT2D eigenvalue weighted by molar-refractivity contribution is 7.91. The molecule has 0 aromatic heterocycles. The first-order chi connectivity index (χ1) is 9.20. The van der Waals surface area contributed by atoms with Gasteiger partial charge in [-0.3, -0.25) is 4.90 Å². The molecule has 20 heavy (non-hydrogen) atoms. The molecule has 0 atom stereocenters. The summed E-state index contributed by atoms with van der Waals surface area (Å²) < 4.78 is 23.9. The minimum atomic E-state index is -2.89. The van der Waals surface area contributed by atoms with Crippen LogP contribution in [0.3, 0.4) is 0 Å². The molecule has 1 N–H and O–H groups in total. The second-order valence-electron chi connectivity index (χ2n) is 6.73. The van der Waals surface area contributed by atoms with E-state index in [9.17, 15) is 8.42 Å². The molecule has 0 amide bonds. The van der Waals surface area contributed by atoms with Gasteiger partial charge in [0.1, 0.15) is 0 Å². The van der Waals surface area contributed by atoms with Crippen LogP contribution in [0.5, 0.6) is 0 Å². The largest absolute Gasteiger partial charge is 0.308 e. The number of hydrogen-bond donors (Lipinski definition) is 1. The number of piperazine rings is 1. The fourth-order valence-corrected chi connectivity index (χ4v) is 4.24. The molecule has 1 rings (SSSR count). The summed E-state index contributed by atoms with van der Waals surface area (Å²) >= 11 is 0. The molecule has 0 unspecified atom stereocenters. The Kier molecular flexibility index (Phi) is 6.05. The highest BCUT2D eigenvalue weighted by atomic mass is 32.2. The van der Waals surface area contributed by atoms with Gasteiger partial charge in [-0.1, -0.05) is 20.8 Å². The topological polar surface area (TPSA) is 49.4 Å². The first-order valence-electron chi connectivity index (χ1n) is 7.91. The fourth-order valence-electron chi connectivity index (χ4n) is 2.92. The third-order valence-electron chi connectivity index (χ3n) is 4.79. The van der Waals surface area contributed by atoms with Crippen molar-refractivity contribution in [1.29, 1.82) is 0 Å². The molecular formula is C15H32N2O2S. The van der Waals surface area contributed by atoms with E-state index >= 15 is 0 Å². The number of rotatable bonds is 7. The summed E-state index contributed by atoms with van der Waals surface area (Å²) in [5.74, 6) is 0.597. The normalized spacial score (nSPS) is 22.9. The van der Waals surface area contributed by atoms with E-state index in [1.165, 1.54) is 0 Å². The fraction of sp³-hybridized carbons (Fsp3) is 1.00.